The number of carbonyl (C=O) groups excluding carboxylic acids is 1. The van der Waals surface area contributed by atoms with Gasteiger partial charge in [0.1, 0.15) is 24.4 Å². The van der Waals surface area contributed by atoms with Crippen LogP contribution in [-0.2, 0) is 43.6 Å². The van der Waals surface area contributed by atoms with E-state index in [0.29, 0.717) is 6.61 Å². The Balaban J connectivity index is 1.51. The molecular weight excluding hydrogens is 611 g/mol. The topological polar surface area (TPSA) is 69.3 Å². The van der Waals surface area contributed by atoms with Crippen LogP contribution in [0.15, 0.2) is 91.0 Å². The van der Waals surface area contributed by atoms with Gasteiger partial charge in [0.25, 0.3) is 0 Å². The van der Waals surface area contributed by atoms with Gasteiger partial charge in [0.15, 0.2) is 0 Å². The summed E-state index contributed by atoms with van der Waals surface area (Å²) >= 11 is 3.05. The molecule has 1 N–H and O–H groups in total. The maximum atomic E-state index is 13.7. The van der Waals surface area contributed by atoms with Crippen LogP contribution in [0.3, 0.4) is 0 Å². The van der Waals surface area contributed by atoms with E-state index in [1.165, 1.54) is 23.5 Å². The highest BCUT2D eigenvalue weighted by Gasteiger charge is 2.50. The first-order valence-corrected chi connectivity index (χ1v) is 16.7. The number of nitrogens with one attached hydrogen (secondary N) is 1. The molecule has 0 spiro atoms. The lowest BCUT2D eigenvalue weighted by atomic mass is 9.98. The van der Waals surface area contributed by atoms with Gasteiger partial charge in [-0.1, -0.05) is 91.0 Å². The maximum absolute atomic E-state index is 13.7. The number of rotatable bonds is 15. The van der Waals surface area contributed by atoms with Crippen LogP contribution in [0, 0.1) is 0 Å². The molecule has 3 aromatic rings. The summed E-state index contributed by atoms with van der Waals surface area (Å²) in [6, 6.07) is 27.5. The highest BCUT2D eigenvalue weighted by molar-refractivity contribution is 8.17. The number of halogens is 3. The predicted octanol–water partition coefficient (Wildman–Crippen LogP) is 6.38. The molecule has 0 bridgehead atoms. The van der Waals surface area contributed by atoms with Gasteiger partial charge in [-0.2, -0.15) is 13.2 Å². The summed E-state index contributed by atoms with van der Waals surface area (Å²) < 4.78 is 66.1. The fraction of sp³-hybridized carbons (Fsp3) is 0.424. The molecule has 2 aliphatic heterocycles. The molecule has 2 heterocycles. The van der Waals surface area contributed by atoms with E-state index in [1.807, 2.05) is 91.0 Å². The average Bonchev–Trinajstić information content (AvgIpc) is 3.89. The summed E-state index contributed by atoms with van der Waals surface area (Å²) in [6.45, 7) is 0.935. The smallest absolute Gasteiger partial charge is 0.370 e. The van der Waals surface area contributed by atoms with Crippen LogP contribution in [-0.4, -0.2) is 65.2 Å². The van der Waals surface area contributed by atoms with E-state index in [0.717, 1.165) is 34.6 Å². The van der Waals surface area contributed by atoms with E-state index in [4.69, 9.17) is 18.9 Å². The molecule has 6 nitrogen and oxygen atoms in total. The Bertz CT molecular complexity index is 1280. The maximum Gasteiger partial charge on any atom is 0.471 e. The molecule has 5 rings (SSSR count). The summed E-state index contributed by atoms with van der Waals surface area (Å²) in [6.07, 6.45) is -7.03. The SMILES string of the molecule is O=C(N[C@@H](C1SCCCS1)[C@@H](OCc1ccccc1)[C@H](OCc1ccccc1)[C@H](OCc1ccccc1)[C@H]1CO1)C(F)(F)F. The Kier molecular flexibility index (Phi) is 12.1. The summed E-state index contributed by atoms with van der Waals surface area (Å²) in [5.41, 5.74) is 2.66. The minimum atomic E-state index is -5.06. The van der Waals surface area contributed by atoms with Crippen molar-refractivity contribution in [3.8, 4) is 0 Å². The molecule has 0 radical (unpaired) electrons. The molecule has 2 saturated heterocycles. The Morgan fingerprint density at radius 2 is 1.23 bits per heavy atom. The molecule has 3 aromatic carbocycles. The third kappa shape index (κ3) is 9.73. The van der Waals surface area contributed by atoms with Crippen molar-refractivity contribution in [2.75, 3.05) is 18.1 Å². The van der Waals surface area contributed by atoms with Crippen molar-refractivity contribution in [3.05, 3.63) is 108 Å². The molecule has 2 aliphatic rings. The van der Waals surface area contributed by atoms with Gasteiger partial charge in [-0.25, -0.2) is 0 Å². The Morgan fingerprint density at radius 3 is 1.68 bits per heavy atom. The number of alkyl halides is 3. The quantitative estimate of drug-likeness (QED) is 0.192. The molecule has 0 aliphatic carbocycles. The lowest BCUT2D eigenvalue weighted by Crippen LogP contribution is -2.60. The number of ether oxygens (including phenoxy) is 4. The van der Waals surface area contributed by atoms with Gasteiger partial charge in [0, 0.05) is 0 Å². The third-order valence-electron chi connectivity index (χ3n) is 7.28. The van der Waals surface area contributed by atoms with Crippen molar-refractivity contribution in [2.45, 2.75) is 67.5 Å². The zero-order chi connectivity index (χ0) is 30.8. The van der Waals surface area contributed by atoms with E-state index in [-0.39, 0.29) is 25.9 Å². The molecule has 0 unspecified atom stereocenters. The molecule has 1 amide bonds. The number of hydrogen-bond donors (Lipinski definition) is 1. The minimum Gasteiger partial charge on any atom is -0.370 e. The van der Waals surface area contributed by atoms with Crippen LogP contribution in [0.5, 0.6) is 0 Å². The minimum absolute atomic E-state index is 0.105. The van der Waals surface area contributed by atoms with Crippen LogP contribution in [0.2, 0.25) is 0 Å². The lowest BCUT2D eigenvalue weighted by Gasteiger charge is -2.41. The molecule has 0 aromatic heterocycles. The van der Waals surface area contributed by atoms with E-state index >= 15 is 0 Å². The molecule has 0 saturated carbocycles. The molecule has 11 heteroatoms. The van der Waals surface area contributed by atoms with Crippen molar-refractivity contribution in [1.29, 1.82) is 0 Å². The van der Waals surface area contributed by atoms with Crippen molar-refractivity contribution in [2.24, 2.45) is 0 Å². The van der Waals surface area contributed by atoms with Crippen LogP contribution < -0.4 is 5.32 Å². The van der Waals surface area contributed by atoms with Gasteiger partial charge in [-0.15, -0.1) is 23.5 Å². The second-order valence-corrected chi connectivity index (χ2v) is 13.4. The molecule has 236 valence electrons. The summed E-state index contributed by atoms with van der Waals surface area (Å²) in [7, 11) is 0. The number of carbonyl (C=O) groups is 1. The summed E-state index contributed by atoms with van der Waals surface area (Å²) in [5.74, 6) is -0.485. The second-order valence-electron chi connectivity index (χ2n) is 10.6. The Morgan fingerprint density at radius 1 is 0.773 bits per heavy atom. The van der Waals surface area contributed by atoms with E-state index in [1.54, 1.807) is 0 Å². The van der Waals surface area contributed by atoms with Gasteiger partial charge in [0.05, 0.1) is 37.1 Å². The number of benzene rings is 3. The number of hydrogen-bond acceptors (Lipinski definition) is 7. The monoisotopic (exact) mass is 647 g/mol. The van der Waals surface area contributed by atoms with Crippen LogP contribution in [0.4, 0.5) is 13.2 Å². The lowest BCUT2D eigenvalue weighted by molar-refractivity contribution is -0.181. The van der Waals surface area contributed by atoms with Gasteiger partial charge in [-0.3, -0.25) is 4.79 Å². The van der Waals surface area contributed by atoms with Gasteiger partial charge >= 0.3 is 12.1 Å². The molecule has 44 heavy (non-hydrogen) atoms. The van der Waals surface area contributed by atoms with Gasteiger partial charge in [0.2, 0.25) is 0 Å². The Hall–Kier alpha value is -2.54. The zero-order valence-corrected chi connectivity index (χ0v) is 25.7. The zero-order valence-electron chi connectivity index (χ0n) is 24.1. The van der Waals surface area contributed by atoms with E-state index in [9.17, 15) is 18.0 Å². The highest BCUT2D eigenvalue weighted by atomic mass is 32.2. The van der Waals surface area contributed by atoms with Crippen LogP contribution in [0.1, 0.15) is 23.1 Å². The summed E-state index contributed by atoms with van der Waals surface area (Å²) in [5, 5.41) is 2.32. The largest absolute Gasteiger partial charge is 0.471 e. The number of amides is 1. The van der Waals surface area contributed by atoms with Crippen molar-refractivity contribution in [3.63, 3.8) is 0 Å². The van der Waals surface area contributed by atoms with Crippen molar-refractivity contribution < 1.29 is 36.9 Å². The fourth-order valence-electron chi connectivity index (χ4n) is 4.99. The van der Waals surface area contributed by atoms with Crippen molar-refractivity contribution >= 4 is 29.4 Å². The fourth-order valence-corrected chi connectivity index (χ4v) is 8.08. The highest BCUT2D eigenvalue weighted by Crippen LogP contribution is 2.38. The van der Waals surface area contributed by atoms with Crippen molar-refractivity contribution in [1.82, 2.24) is 5.32 Å². The second kappa shape index (κ2) is 16.1. The summed E-state index contributed by atoms with van der Waals surface area (Å²) in [4.78, 5) is 12.5. The van der Waals surface area contributed by atoms with Crippen LogP contribution in [0.25, 0.3) is 0 Å². The van der Waals surface area contributed by atoms with E-state index in [2.05, 4.69) is 5.32 Å². The average molecular weight is 648 g/mol. The normalized spacial score (nSPS) is 19.9. The Labute approximate surface area is 264 Å². The first kappa shape index (κ1) is 32.8. The predicted molar refractivity (Wildman–Crippen MR) is 166 cm³/mol. The molecule has 5 atom stereocenters. The van der Waals surface area contributed by atoms with Crippen LogP contribution >= 0.6 is 23.5 Å². The van der Waals surface area contributed by atoms with E-state index < -0.39 is 41.0 Å². The first-order chi connectivity index (χ1) is 21.4. The third-order valence-corrected chi connectivity index (χ3v) is 10.4. The molecule has 2 fully saturated rings. The first-order valence-electron chi connectivity index (χ1n) is 14.6. The number of thioether (sulfide) groups is 2. The molecular formula is C33H36F3NO5S2. The number of epoxide rings is 1. The standard InChI is InChI=1S/C33H36F3NO5S2/c34-33(35,36)32(38)37-27(31-43-17-10-18-44-31)29(41-20-24-13-6-2-7-14-24)30(42-21-25-15-8-3-9-16-25)28(26-22-39-26)40-19-23-11-4-1-5-12-23/h1-9,11-16,26-31H,10,17-22H2,(H,37,38)/t26-,27-,28-,29-,30-/m1/s1. The van der Waals surface area contributed by atoms with Gasteiger partial charge < -0.3 is 24.3 Å². The van der Waals surface area contributed by atoms with Gasteiger partial charge in [-0.05, 0) is 34.6 Å².